The monoisotopic (exact) mass is 665 g/mol. The second-order valence-electron chi connectivity index (χ2n) is 11.7. The standard InChI is InChI=1S/C35H47N5O6S/c1-6-18-40(19-7-2)35(44)29-22-28(23-30(24-29)47(45,46)38(3)4)34(43)36-31(20-26-14-10-8-11-15-26)32(41)25-39(5)37-33(42)21-27-16-12-9-13-17-27/h8-17,22-24,31-32,41H,6-7,18-21,25H2,1-5H3,(H,36,43)(H,37,42). The minimum absolute atomic E-state index is 0.0138. The van der Waals surface area contributed by atoms with Crippen molar-refractivity contribution >= 4 is 27.7 Å². The third kappa shape index (κ3) is 11.0. The number of carbonyl (C=O) groups excluding carboxylic acids is 3. The van der Waals surface area contributed by atoms with Crippen molar-refractivity contribution in [1.82, 2.24) is 25.0 Å². The lowest BCUT2D eigenvalue weighted by atomic mass is 10.00. The van der Waals surface area contributed by atoms with Crippen LogP contribution in [0.25, 0.3) is 0 Å². The number of sulfonamides is 1. The van der Waals surface area contributed by atoms with Crippen molar-refractivity contribution in [3.63, 3.8) is 0 Å². The number of benzene rings is 3. The van der Waals surface area contributed by atoms with Gasteiger partial charge in [-0.3, -0.25) is 19.8 Å². The minimum atomic E-state index is -4.00. The van der Waals surface area contributed by atoms with Gasteiger partial charge in [0.25, 0.3) is 11.8 Å². The molecule has 0 saturated carbocycles. The van der Waals surface area contributed by atoms with E-state index in [9.17, 15) is 27.9 Å². The lowest BCUT2D eigenvalue weighted by molar-refractivity contribution is -0.125. The van der Waals surface area contributed by atoms with Crippen LogP contribution in [0, 0.1) is 0 Å². The Morgan fingerprint density at radius 2 is 1.36 bits per heavy atom. The normalized spacial score (nSPS) is 12.9. The maximum Gasteiger partial charge on any atom is 0.253 e. The van der Waals surface area contributed by atoms with Gasteiger partial charge in [0.15, 0.2) is 0 Å². The highest BCUT2D eigenvalue weighted by Crippen LogP contribution is 2.21. The van der Waals surface area contributed by atoms with E-state index in [1.54, 1.807) is 11.9 Å². The molecule has 3 N–H and O–H groups in total. The molecule has 0 spiro atoms. The van der Waals surface area contributed by atoms with E-state index < -0.39 is 28.1 Å². The first-order valence-corrected chi connectivity index (χ1v) is 17.2. The SMILES string of the molecule is CCCN(CCC)C(=O)c1cc(C(=O)NC(Cc2ccccc2)C(O)CN(C)NC(=O)Cc2ccccc2)cc(S(=O)(=O)N(C)C)c1. The fourth-order valence-electron chi connectivity index (χ4n) is 5.14. The first-order valence-electron chi connectivity index (χ1n) is 15.8. The van der Waals surface area contributed by atoms with Crippen molar-refractivity contribution in [2.45, 2.75) is 56.6 Å². The topological polar surface area (TPSA) is 139 Å². The van der Waals surface area contributed by atoms with E-state index in [4.69, 9.17) is 0 Å². The fourth-order valence-corrected chi connectivity index (χ4v) is 6.11. The van der Waals surface area contributed by atoms with Crippen molar-refractivity contribution in [2.75, 3.05) is 40.8 Å². The summed E-state index contributed by atoms with van der Waals surface area (Å²) in [5.41, 5.74) is 4.51. The molecule has 2 unspecified atom stereocenters. The molecule has 0 heterocycles. The molecule has 0 aliphatic carbocycles. The van der Waals surface area contributed by atoms with E-state index in [1.807, 2.05) is 74.5 Å². The molecule has 0 aromatic heterocycles. The Balaban J connectivity index is 1.90. The lowest BCUT2D eigenvalue weighted by Crippen LogP contribution is -2.52. The number of aliphatic hydroxyl groups is 1. The molecule has 47 heavy (non-hydrogen) atoms. The Morgan fingerprint density at radius 1 is 0.809 bits per heavy atom. The second-order valence-corrected chi connectivity index (χ2v) is 13.9. The fraction of sp³-hybridized carbons (Fsp3) is 0.400. The first-order chi connectivity index (χ1) is 22.3. The van der Waals surface area contributed by atoms with Crippen LogP contribution >= 0.6 is 0 Å². The second kappa shape index (κ2) is 17.7. The summed E-state index contributed by atoms with van der Waals surface area (Å²) in [6, 6.07) is 21.7. The van der Waals surface area contributed by atoms with E-state index >= 15 is 0 Å². The van der Waals surface area contributed by atoms with Crippen molar-refractivity contribution in [1.29, 1.82) is 0 Å². The highest BCUT2D eigenvalue weighted by molar-refractivity contribution is 7.89. The molecule has 0 bridgehead atoms. The lowest BCUT2D eigenvalue weighted by Gasteiger charge is -2.28. The van der Waals surface area contributed by atoms with E-state index in [2.05, 4.69) is 10.7 Å². The molecule has 0 radical (unpaired) electrons. The predicted molar refractivity (Wildman–Crippen MR) is 182 cm³/mol. The summed E-state index contributed by atoms with van der Waals surface area (Å²) in [7, 11) is 0.389. The smallest absolute Gasteiger partial charge is 0.253 e. The van der Waals surface area contributed by atoms with Crippen LogP contribution in [0.1, 0.15) is 58.5 Å². The van der Waals surface area contributed by atoms with Gasteiger partial charge in [-0.05, 0) is 48.6 Å². The van der Waals surface area contributed by atoms with Gasteiger partial charge in [0.1, 0.15) is 0 Å². The third-order valence-electron chi connectivity index (χ3n) is 7.53. The molecule has 0 saturated heterocycles. The average molecular weight is 666 g/mol. The molecular formula is C35H47N5O6S. The third-order valence-corrected chi connectivity index (χ3v) is 9.32. The molecule has 3 aromatic rings. The van der Waals surface area contributed by atoms with Crippen molar-refractivity contribution < 1.29 is 27.9 Å². The van der Waals surface area contributed by atoms with Crippen LogP contribution in [0.15, 0.2) is 83.8 Å². The van der Waals surface area contributed by atoms with Gasteiger partial charge in [-0.15, -0.1) is 0 Å². The van der Waals surface area contributed by atoms with Crippen LogP contribution in [0.5, 0.6) is 0 Å². The Hall–Kier alpha value is -4.10. The largest absolute Gasteiger partial charge is 0.390 e. The molecule has 3 amide bonds. The number of hydrazine groups is 1. The van der Waals surface area contributed by atoms with Gasteiger partial charge in [-0.2, -0.15) is 0 Å². The molecular weight excluding hydrogens is 618 g/mol. The number of rotatable bonds is 17. The van der Waals surface area contributed by atoms with Gasteiger partial charge in [-0.1, -0.05) is 74.5 Å². The summed E-state index contributed by atoms with van der Waals surface area (Å²) >= 11 is 0. The van der Waals surface area contributed by atoms with E-state index in [0.29, 0.717) is 13.1 Å². The van der Waals surface area contributed by atoms with Crippen LogP contribution in [-0.4, -0.2) is 98.4 Å². The number of amides is 3. The number of nitrogens with one attached hydrogen (secondary N) is 2. The average Bonchev–Trinajstić information content (AvgIpc) is 3.04. The maximum absolute atomic E-state index is 13.8. The maximum atomic E-state index is 13.8. The minimum Gasteiger partial charge on any atom is -0.390 e. The molecule has 254 valence electrons. The molecule has 0 aliphatic heterocycles. The number of aliphatic hydroxyl groups excluding tert-OH is 1. The van der Waals surface area contributed by atoms with Gasteiger partial charge in [0.2, 0.25) is 15.9 Å². The van der Waals surface area contributed by atoms with Gasteiger partial charge in [-0.25, -0.2) is 17.7 Å². The molecule has 11 nitrogen and oxygen atoms in total. The van der Waals surface area contributed by atoms with Gasteiger partial charge < -0.3 is 15.3 Å². The Morgan fingerprint density at radius 3 is 1.91 bits per heavy atom. The van der Waals surface area contributed by atoms with Crippen LogP contribution in [-0.2, 0) is 27.7 Å². The quantitative estimate of drug-likeness (QED) is 0.188. The van der Waals surface area contributed by atoms with Crippen LogP contribution in [0.4, 0.5) is 0 Å². The van der Waals surface area contributed by atoms with Gasteiger partial charge in [0.05, 0.1) is 23.5 Å². The molecule has 0 aliphatic rings. The van der Waals surface area contributed by atoms with Gasteiger partial charge in [0, 0.05) is 51.9 Å². The van der Waals surface area contributed by atoms with Crippen molar-refractivity contribution in [3.8, 4) is 0 Å². The highest BCUT2D eigenvalue weighted by Gasteiger charge is 2.28. The molecule has 12 heteroatoms. The van der Waals surface area contributed by atoms with E-state index in [-0.39, 0.29) is 47.2 Å². The first kappa shape index (κ1) is 37.4. The van der Waals surface area contributed by atoms with E-state index in [0.717, 1.165) is 28.3 Å². The van der Waals surface area contributed by atoms with E-state index in [1.165, 1.54) is 37.3 Å². The van der Waals surface area contributed by atoms with Crippen molar-refractivity contribution in [3.05, 3.63) is 101 Å². The summed E-state index contributed by atoms with van der Waals surface area (Å²) in [5.74, 6) is -1.28. The number of nitrogens with zero attached hydrogens (tertiary/aromatic N) is 3. The number of hydrogen-bond donors (Lipinski definition) is 3. The summed E-state index contributed by atoms with van der Waals surface area (Å²) in [6.45, 7) is 4.86. The zero-order valence-corrected chi connectivity index (χ0v) is 28.7. The molecule has 2 atom stereocenters. The van der Waals surface area contributed by atoms with Crippen molar-refractivity contribution in [2.24, 2.45) is 0 Å². The zero-order valence-electron chi connectivity index (χ0n) is 27.8. The predicted octanol–water partition coefficient (Wildman–Crippen LogP) is 3.11. The van der Waals surface area contributed by atoms with Crippen LogP contribution in [0.2, 0.25) is 0 Å². The Bertz CT molecular complexity index is 1580. The number of hydrogen-bond acceptors (Lipinski definition) is 7. The summed E-state index contributed by atoms with van der Waals surface area (Å²) in [5, 5.41) is 15.7. The molecule has 3 rings (SSSR count). The summed E-state index contributed by atoms with van der Waals surface area (Å²) in [4.78, 5) is 41.4. The Kier molecular flexibility index (Phi) is 14.1. The van der Waals surface area contributed by atoms with Crippen LogP contribution < -0.4 is 10.7 Å². The molecule has 0 fully saturated rings. The zero-order chi connectivity index (χ0) is 34.6. The van der Waals surface area contributed by atoms with Crippen LogP contribution in [0.3, 0.4) is 0 Å². The van der Waals surface area contributed by atoms with Gasteiger partial charge >= 0.3 is 0 Å². The summed E-state index contributed by atoms with van der Waals surface area (Å²) in [6.07, 6.45) is 0.707. The highest BCUT2D eigenvalue weighted by atomic mass is 32.2. The summed E-state index contributed by atoms with van der Waals surface area (Å²) < 4.78 is 27.4. The molecule has 3 aromatic carbocycles. The number of likely N-dealkylation sites (N-methyl/N-ethyl adjacent to an activating group) is 1. The number of carbonyl (C=O) groups is 3. The Labute approximate surface area is 278 Å².